The Morgan fingerprint density at radius 1 is 0.800 bits per heavy atom. The number of amides is 2. The molecule has 3 aromatic carbocycles. The van der Waals surface area contributed by atoms with Crippen molar-refractivity contribution in [1.29, 1.82) is 0 Å². The maximum atomic E-state index is 12.6. The summed E-state index contributed by atoms with van der Waals surface area (Å²) in [5.41, 5.74) is 1.52. The molecular formula is C21H18ClN3O4S. The number of hydrogen-bond acceptors (Lipinski definition) is 4. The summed E-state index contributed by atoms with van der Waals surface area (Å²) in [5, 5.41) is 5.76. The number of rotatable bonds is 6. The molecule has 0 aliphatic rings. The van der Waals surface area contributed by atoms with Crippen LogP contribution in [0.3, 0.4) is 0 Å². The van der Waals surface area contributed by atoms with E-state index in [1.807, 2.05) is 0 Å². The monoisotopic (exact) mass is 443 g/mol. The van der Waals surface area contributed by atoms with E-state index in [-0.39, 0.29) is 22.1 Å². The highest BCUT2D eigenvalue weighted by Gasteiger charge is 2.15. The maximum absolute atomic E-state index is 12.6. The maximum Gasteiger partial charge on any atom is 0.261 e. The van der Waals surface area contributed by atoms with Gasteiger partial charge < -0.3 is 10.6 Å². The van der Waals surface area contributed by atoms with Gasteiger partial charge in [0.15, 0.2) is 0 Å². The molecule has 0 unspecified atom stereocenters. The highest BCUT2D eigenvalue weighted by molar-refractivity contribution is 7.92. The van der Waals surface area contributed by atoms with E-state index in [1.54, 1.807) is 42.5 Å². The van der Waals surface area contributed by atoms with Gasteiger partial charge >= 0.3 is 0 Å². The van der Waals surface area contributed by atoms with Crippen LogP contribution in [0.25, 0.3) is 0 Å². The van der Waals surface area contributed by atoms with Crippen molar-refractivity contribution in [2.45, 2.75) is 11.8 Å². The molecule has 0 aliphatic carbocycles. The fraction of sp³-hybridized carbons (Fsp3) is 0.0476. The fourth-order valence-corrected chi connectivity index (χ4v) is 3.87. The van der Waals surface area contributed by atoms with Crippen LogP contribution >= 0.6 is 11.6 Å². The van der Waals surface area contributed by atoms with E-state index in [4.69, 9.17) is 11.6 Å². The van der Waals surface area contributed by atoms with E-state index in [0.717, 1.165) is 0 Å². The smallest absolute Gasteiger partial charge is 0.261 e. The molecule has 9 heteroatoms. The second kappa shape index (κ2) is 8.98. The first-order valence-corrected chi connectivity index (χ1v) is 10.7. The summed E-state index contributed by atoms with van der Waals surface area (Å²) in [5.74, 6) is -0.658. The number of nitrogens with one attached hydrogen (secondary N) is 3. The average molecular weight is 444 g/mol. The second-order valence-corrected chi connectivity index (χ2v) is 8.48. The van der Waals surface area contributed by atoms with Gasteiger partial charge in [-0.15, -0.1) is 0 Å². The molecule has 0 spiro atoms. The number of halogens is 1. The largest absolute Gasteiger partial charge is 0.326 e. The van der Waals surface area contributed by atoms with Gasteiger partial charge in [-0.25, -0.2) is 8.42 Å². The molecule has 0 aromatic heterocycles. The average Bonchev–Trinajstić information content (AvgIpc) is 2.68. The van der Waals surface area contributed by atoms with Crippen molar-refractivity contribution in [2.75, 3.05) is 15.4 Å². The lowest BCUT2D eigenvalue weighted by Gasteiger charge is -2.11. The molecule has 0 bridgehead atoms. The van der Waals surface area contributed by atoms with Gasteiger partial charge in [0.05, 0.1) is 4.90 Å². The Labute approximate surface area is 179 Å². The van der Waals surface area contributed by atoms with Gasteiger partial charge in [-0.2, -0.15) is 0 Å². The SMILES string of the molecule is CC(=O)Nc1ccc(S(=O)(=O)Nc2cccc(C(=O)Nc3cccc(Cl)c3)c2)cc1. The zero-order valence-electron chi connectivity index (χ0n) is 15.8. The topological polar surface area (TPSA) is 104 Å². The molecule has 3 N–H and O–H groups in total. The first-order chi connectivity index (χ1) is 14.2. The van der Waals surface area contributed by atoms with Crippen LogP contribution in [0.5, 0.6) is 0 Å². The number of sulfonamides is 1. The summed E-state index contributed by atoms with van der Waals surface area (Å²) in [4.78, 5) is 23.6. The van der Waals surface area contributed by atoms with Crippen LogP contribution in [0.4, 0.5) is 17.1 Å². The Morgan fingerprint density at radius 3 is 2.13 bits per heavy atom. The minimum absolute atomic E-state index is 0.0189. The van der Waals surface area contributed by atoms with Gasteiger partial charge in [-0.1, -0.05) is 23.7 Å². The van der Waals surface area contributed by atoms with Crippen molar-refractivity contribution in [1.82, 2.24) is 0 Å². The van der Waals surface area contributed by atoms with Crippen LogP contribution < -0.4 is 15.4 Å². The molecule has 0 heterocycles. The van der Waals surface area contributed by atoms with Crippen molar-refractivity contribution in [3.05, 3.63) is 83.4 Å². The molecule has 7 nitrogen and oxygen atoms in total. The quantitative estimate of drug-likeness (QED) is 0.526. The Kier molecular flexibility index (Phi) is 6.39. The lowest BCUT2D eigenvalue weighted by molar-refractivity contribution is -0.114. The lowest BCUT2D eigenvalue weighted by Crippen LogP contribution is -2.15. The Balaban J connectivity index is 1.75. The number of hydrogen-bond donors (Lipinski definition) is 3. The Morgan fingerprint density at radius 2 is 1.47 bits per heavy atom. The molecule has 0 saturated heterocycles. The zero-order chi connectivity index (χ0) is 21.7. The van der Waals surface area contributed by atoms with Gasteiger partial charge in [0.1, 0.15) is 0 Å². The van der Waals surface area contributed by atoms with Crippen molar-refractivity contribution in [3.63, 3.8) is 0 Å². The van der Waals surface area contributed by atoms with E-state index in [9.17, 15) is 18.0 Å². The summed E-state index contributed by atoms with van der Waals surface area (Å²) >= 11 is 5.92. The van der Waals surface area contributed by atoms with Crippen LogP contribution in [0.1, 0.15) is 17.3 Å². The molecular weight excluding hydrogens is 426 g/mol. The Hall–Kier alpha value is -3.36. The number of carbonyl (C=O) groups excluding carboxylic acids is 2. The molecule has 3 rings (SSSR count). The van der Waals surface area contributed by atoms with Crippen molar-refractivity contribution < 1.29 is 18.0 Å². The molecule has 154 valence electrons. The predicted molar refractivity (Wildman–Crippen MR) is 117 cm³/mol. The summed E-state index contributed by atoms with van der Waals surface area (Å²) in [6.45, 7) is 1.36. The molecule has 0 aliphatic heterocycles. The number of anilines is 3. The summed E-state index contributed by atoms with van der Waals surface area (Å²) < 4.78 is 27.7. The van der Waals surface area contributed by atoms with E-state index in [0.29, 0.717) is 16.4 Å². The number of carbonyl (C=O) groups is 2. The molecule has 0 fully saturated rings. The van der Waals surface area contributed by atoms with Crippen molar-refractivity contribution in [3.8, 4) is 0 Å². The Bertz CT molecular complexity index is 1190. The molecule has 30 heavy (non-hydrogen) atoms. The van der Waals surface area contributed by atoms with E-state index in [1.165, 1.54) is 37.3 Å². The van der Waals surface area contributed by atoms with Gasteiger partial charge in [0.2, 0.25) is 5.91 Å². The van der Waals surface area contributed by atoms with Gasteiger partial charge in [0, 0.05) is 34.6 Å². The van der Waals surface area contributed by atoms with Crippen molar-refractivity contribution in [2.24, 2.45) is 0 Å². The number of benzene rings is 3. The van der Waals surface area contributed by atoms with E-state index in [2.05, 4.69) is 15.4 Å². The zero-order valence-corrected chi connectivity index (χ0v) is 17.4. The highest BCUT2D eigenvalue weighted by Crippen LogP contribution is 2.20. The van der Waals surface area contributed by atoms with Crippen LogP contribution in [0, 0.1) is 0 Å². The van der Waals surface area contributed by atoms with Crippen LogP contribution in [-0.4, -0.2) is 20.2 Å². The highest BCUT2D eigenvalue weighted by atomic mass is 35.5. The first kappa shape index (κ1) is 21.4. The third-order valence-electron chi connectivity index (χ3n) is 3.94. The minimum Gasteiger partial charge on any atom is -0.326 e. The van der Waals surface area contributed by atoms with Crippen molar-refractivity contribution >= 4 is 50.5 Å². The van der Waals surface area contributed by atoms with Gasteiger partial charge in [-0.3, -0.25) is 14.3 Å². The third kappa shape index (κ3) is 5.59. The lowest BCUT2D eigenvalue weighted by atomic mass is 10.2. The predicted octanol–water partition coefficient (Wildman–Crippen LogP) is 4.35. The summed E-state index contributed by atoms with van der Waals surface area (Å²) in [6, 6.07) is 18.6. The molecule has 0 saturated carbocycles. The van der Waals surface area contributed by atoms with Crippen LogP contribution in [0.2, 0.25) is 5.02 Å². The molecule has 0 radical (unpaired) electrons. The standard InChI is InChI=1S/C21H18ClN3O4S/c1-14(26)23-17-8-10-20(11-9-17)30(28,29)25-19-7-2-4-15(12-19)21(27)24-18-6-3-5-16(22)13-18/h2-13,25H,1H3,(H,23,26)(H,24,27). The molecule has 2 amide bonds. The molecule has 3 aromatic rings. The normalized spacial score (nSPS) is 10.9. The molecule has 0 atom stereocenters. The van der Waals surface area contributed by atoms with Gasteiger partial charge in [0.25, 0.3) is 15.9 Å². The third-order valence-corrected chi connectivity index (χ3v) is 5.58. The van der Waals surface area contributed by atoms with Crippen LogP contribution in [-0.2, 0) is 14.8 Å². The summed E-state index contributed by atoms with van der Waals surface area (Å²) in [7, 11) is -3.88. The van der Waals surface area contributed by atoms with E-state index < -0.39 is 15.9 Å². The minimum atomic E-state index is -3.88. The van der Waals surface area contributed by atoms with Crippen LogP contribution in [0.15, 0.2) is 77.7 Å². The van der Waals surface area contributed by atoms with Gasteiger partial charge in [-0.05, 0) is 60.7 Å². The second-order valence-electron chi connectivity index (χ2n) is 6.36. The first-order valence-electron chi connectivity index (χ1n) is 8.80. The fourth-order valence-electron chi connectivity index (χ4n) is 2.63. The van der Waals surface area contributed by atoms with E-state index >= 15 is 0 Å². The summed E-state index contributed by atoms with van der Waals surface area (Å²) in [6.07, 6.45) is 0.